The number of aliphatic hydroxyl groups excluding tert-OH is 1. The lowest BCUT2D eigenvalue weighted by atomic mass is 9.66. The third kappa shape index (κ3) is 2.91. The van der Waals surface area contributed by atoms with E-state index in [1.54, 1.807) is 0 Å². The van der Waals surface area contributed by atoms with Crippen LogP contribution < -0.4 is 0 Å². The molecule has 0 aromatic heterocycles. The average molecular weight is 297 g/mol. The van der Waals surface area contributed by atoms with Crippen LogP contribution in [-0.2, 0) is 0 Å². The van der Waals surface area contributed by atoms with Gasteiger partial charge < -0.3 is 5.11 Å². The predicted octanol–water partition coefficient (Wildman–Crippen LogP) is 4.25. The van der Waals surface area contributed by atoms with E-state index in [-0.39, 0.29) is 5.56 Å². The molecule has 1 atom stereocenters. The maximum Gasteiger partial charge on any atom is 0.161 e. The zero-order valence-electron chi connectivity index (χ0n) is 11.9. The summed E-state index contributed by atoms with van der Waals surface area (Å²) in [5, 5.41) is 19.8. The molecule has 1 N–H and O–H groups in total. The van der Waals surface area contributed by atoms with E-state index in [9.17, 15) is 23.5 Å². The highest BCUT2D eigenvalue weighted by Crippen LogP contribution is 2.48. The SMILES string of the molecule is CCC1CCC(C#N)(C(O)c2cc(F)c(F)cc2F)CC1. The molecule has 0 amide bonds. The van der Waals surface area contributed by atoms with Gasteiger partial charge >= 0.3 is 0 Å². The van der Waals surface area contributed by atoms with Gasteiger partial charge in [0.25, 0.3) is 0 Å². The number of rotatable bonds is 3. The minimum atomic E-state index is -1.45. The Labute approximate surface area is 122 Å². The summed E-state index contributed by atoms with van der Waals surface area (Å²) in [5.41, 5.74) is -1.47. The summed E-state index contributed by atoms with van der Waals surface area (Å²) in [4.78, 5) is 0. The number of aliphatic hydroxyl groups is 1. The van der Waals surface area contributed by atoms with E-state index in [4.69, 9.17) is 0 Å². The molecule has 1 unspecified atom stereocenters. The molecule has 0 radical (unpaired) electrons. The first-order chi connectivity index (χ1) is 9.93. The van der Waals surface area contributed by atoms with Gasteiger partial charge in [-0.2, -0.15) is 5.26 Å². The van der Waals surface area contributed by atoms with Crippen molar-refractivity contribution < 1.29 is 18.3 Å². The second kappa shape index (κ2) is 6.07. The molecule has 2 nitrogen and oxygen atoms in total. The predicted molar refractivity (Wildman–Crippen MR) is 71.6 cm³/mol. The number of hydrogen-bond acceptors (Lipinski definition) is 2. The average Bonchev–Trinajstić information content (AvgIpc) is 2.50. The lowest BCUT2D eigenvalue weighted by Gasteiger charge is -2.38. The lowest BCUT2D eigenvalue weighted by Crippen LogP contribution is -2.33. The minimum Gasteiger partial charge on any atom is -0.387 e. The molecule has 2 rings (SSSR count). The largest absolute Gasteiger partial charge is 0.387 e. The Morgan fingerprint density at radius 1 is 1.24 bits per heavy atom. The van der Waals surface area contributed by atoms with E-state index < -0.39 is 29.0 Å². The molecule has 0 bridgehead atoms. The summed E-state index contributed by atoms with van der Waals surface area (Å²) in [7, 11) is 0. The Morgan fingerprint density at radius 3 is 2.33 bits per heavy atom. The highest BCUT2D eigenvalue weighted by atomic mass is 19.2. The Bertz CT molecular complexity index is 559. The van der Waals surface area contributed by atoms with Gasteiger partial charge in [0.2, 0.25) is 0 Å². The molecule has 1 saturated carbocycles. The van der Waals surface area contributed by atoms with Crippen molar-refractivity contribution in [2.75, 3.05) is 0 Å². The van der Waals surface area contributed by atoms with Crippen molar-refractivity contribution in [3.05, 3.63) is 35.1 Å². The molecule has 0 saturated heterocycles. The molecule has 21 heavy (non-hydrogen) atoms. The van der Waals surface area contributed by atoms with Crippen molar-refractivity contribution in [1.82, 2.24) is 0 Å². The Balaban J connectivity index is 2.32. The number of nitriles is 1. The van der Waals surface area contributed by atoms with Gasteiger partial charge in [0.1, 0.15) is 11.9 Å². The highest BCUT2D eigenvalue weighted by Gasteiger charge is 2.43. The second-order valence-electron chi connectivity index (χ2n) is 5.81. The van der Waals surface area contributed by atoms with Crippen LogP contribution in [0.25, 0.3) is 0 Å². The molecule has 0 heterocycles. The Hall–Kier alpha value is -1.54. The maximum atomic E-state index is 13.8. The summed E-state index contributed by atoms with van der Waals surface area (Å²) in [6, 6.07) is 3.16. The molecular weight excluding hydrogens is 279 g/mol. The lowest BCUT2D eigenvalue weighted by molar-refractivity contribution is 0.0216. The molecule has 5 heteroatoms. The first kappa shape index (κ1) is 15.8. The first-order valence-electron chi connectivity index (χ1n) is 7.17. The van der Waals surface area contributed by atoms with Crippen LogP contribution in [0, 0.1) is 40.1 Å². The monoisotopic (exact) mass is 297 g/mol. The van der Waals surface area contributed by atoms with E-state index >= 15 is 0 Å². The van der Waals surface area contributed by atoms with E-state index in [1.165, 1.54) is 0 Å². The summed E-state index contributed by atoms with van der Waals surface area (Å²) in [6.45, 7) is 2.06. The second-order valence-corrected chi connectivity index (χ2v) is 5.81. The van der Waals surface area contributed by atoms with Crippen LogP contribution >= 0.6 is 0 Å². The van der Waals surface area contributed by atoms with Crippen LogP contribution in [0.15, 0.2) is 12.1 Å². The van der Waals surface area contributed by atoms with Crippen LogP contribution in [0.2, 0.25) is 0 Å². The van der Waals surface area contributed by atoms with Gasteiger partial charge in [-0.1, -0.05) is 13.3 Å². The molecular formula is C16H18F3NO. The van der Waals surface area contributed by atoms with Gasteiger partial charge in [0.05, 0.1) is 11.5 Å². The van der Waals surface area contributed by atoms with E-state index in [2.05, 4.69) is 13.0 Å². The molecule has 0 aliphatic heterocycles. The van der Waals surface area contributed by atoms with Gasteiger partial charge in [-0.05, 0) is 37.7 Å². The van der Waals surface area contributed by atoms with Crippen LogP contribution in [0.5, 0.6) is 0 Å². The minimum absolute atomic E-state index is 0.342. The van der Waals surface area contributed by atoms with Crippen LogP contribution in [0.4, 0.5) is 13.2 Å². The highest BCUT2D eigenvalue weighted by molar-refractivity contribution is 5.26. The molecule has 1 aliphatic carbocycles. The van der Waals surface area contributed by atoms with Gasteiger partial charge in [-0.25, -0.2) is 13.2 Å². The standard InChI is InChI=1S/C16H18F3NO/c1-2-10-3-5-16(9-20,6-4-10)15(21)11-7-13(18)14(19)8-12(11)17/h7-8,10,15,21H,2-6H2,1H3. The van der Waals surface area contributed by atoms with Crippen molar-refractivity contribution >= 4 is 0 Å². The summed E-state index contributed by atoms with van der Waals surface area (Å²) in [5.74, 6) is -3.05. The maximum absolute atomic E-state index is 13.8. The van der Waals surface area contributed by atoms with Gasteiger partial charge in [-0.15, -0.1) is 0 Å². The van der Waals surface area contributed by atoms with E-state index in [0.717, 1.165) is 19.3 Å². The van der Waals surface area contributed by atoms with Crippen molar-refractivity contribution in [3.8, 4) is 6.07 Å². The quantitative estimate of drug-likeness (QED) is 0.848. The van der Waals surface area contributed by atoms with Gasteiger partial charge in [-0.3, -0.25) is 0 Å². The smallest absolute Gasteiger partial charge is 0.161 e. The Kier molecular flexibility index (Phi) is 4.58. The summed E-state index contributed by atoms with van der Waals surface area (Å²) >= 11 is 0. The summed E-state index contributed by atoms with van der Waals surface area (Å²) in [6.07, 6.45) is 1.95. The Morgan fingerprint density at radius 2 is 1.81 bits per heavy atom. The molecule has 0 spiro atoms. The van der Waals surface area contributed by atoms with Crippen molar-refractivity contribution in [2.45, 2.75) is 45.1 Å². The summed E-state index contributed by atoms with van der Waals surface area (Å²) < 4.78 is 40.1. The number of benzene rings is 1. The van der Waals surface area contributed by atoms with Gasteiger partial charge in [0, 0.05) is 11.6 Å². The molecule has 1 aromatic rings. The van der Waals surface area contributed by atoms with E-state index in [0.29, 0.717) is 30.9 Å². The topological polar surface area (TPSA) is 44.0 Å². The third-order valence-corrected chi connectivity index (χ3v) is 4.66. The van der Waals surface area contributed by atoms with Gasteiger partial charge in [0.15, 0.2) is 11.6 Å². The van der Waals surface area contributed by atoms with Crippen molar-refractivity contribution in [2.24, 2.45) is 11.3 Å². The number of nitrogens with zero attached hydrogens (tertiary/aromatic N) is 1. The van der Waals surface area contributed by atoms with Crippen LogP contribution in [0.1, 0.15) is 50.7 Å². The normalized spacial score (nSPS) is 27.1. The molecule has 114 valence electrons. The molecule has 1 fully saturated rings. The fraction of sp³-hybridized carbons (Fsp3) is 0.562. The van der Waals surface area contributed by atoms with Crippen LogP contribution in [0.3, 0.4) is 0 Å². The van der Waals surface area contributed by atoms with Crippen molar-refractivity contribution in [1.29, 1.82) is 5.26 Å². The van der Waals surface area contributed by atoms with Crippen molar-refractivity contribution in [3.63, 3.8) is 0 Å². The third-order valence-electron chi connectivity index (χ3n) is 4.66. The zero-order chi connectivity index (χ0) is 15.6. The zero-order valence-corrected chi connectivity index (χ0v) is 11.9. The van der Waals surface area contributed by atoms with Crippen LogP contribution in [-0.4, -0.2) is 5.11 Å². The molecule has 1 aliphatic rings. The first-order valence-corrected chi connectivity index (χ1v) is 7.17. The fourth-order valence-electron chi connectivity index (χ4n) is 3.09. The molecule has 1 aromatic carbocycles. The number of halogens is 3. The fourth-order valence-corrected chi connectivity index (χ4v) is 3.09. The van der Waals surface area contributed by atoms with E-state index in [1.807, 2.05) is 0 Å². The number of hydrogen-bond donors (Lipinski definition) is 1.